The Balaban J connectivity index is 2.69. The summed E-state index contributed by atoms with van der Waals surface area (Å²) in [6.07, 6.45) is 3.94. The summed E-state index contributed by atoms with van der Waals surface area (Å²) in [5, 5.41) is 0. The van der Waals surface area contributed by atoms with Gasteiger partial charge in [0.15, 0.2) is 5.92 Å². The van der Waals surface area contributed by atoms with Crippen LogP contribution in [-0.4, -0.2) is 25.2 Å². The fraction of sp³-hybridized carbons (Fsp3) is 0.412. The van der Waals surface area contributed by atoms with E-state index in [9.17, 15) is 9.59 Å². The number of esters is 2. The number of carbonyl (C=O) groups excluding carboxylic acids is 2. The molecule has 0 heterocycles. The van der Waals surface area contributed by atoms with Crippen molar-refractivity contribution in [2.45, 2.75) is 27.2 Å². The lowest BCUT2D eigenvalue weighted by atomic mass is 10.0. The van der Waals surface area contributed by atoms with E-state index in [1.54, 1.807) is 19.9 Å². The Hall–Kier alpha value is -2.10. The van der Waals surface area contributed by atoms with Gasteiger partial charge in [-0.25, -0.2) is 0 Å². The van der Waals surface area contributed by atoms with Crippen LogP contribution in [-0.2, 0) is 19.1 Å². The van der Waals surface area contributed by atoms with Crippen molar-refractivity contribution >= 4 is 18.0 Å². The fourth-order valence-electron chi connectivity index (χ4n) is 1.79. The van der Waals surface area contributed by atoms with E-state index in [-0.39, 0.29) is 19.6 Å². The zero-order valence-electron chi connectivity index (χ0n) is 12.8. The largest absolute Gasteiger partial charge is 0.465 e. The van der Waals surface area contributed by atoms with Crippen molar-refractivity contribution in [3.63, 3.8) is 0 Å². The van der Waals surface area contributed by atoms with E-state index >= 15 is 0 Å². The summed E-state index contributed by atoms with van der Waals surface area (Å²) < 4.78 is 9.83. The third-order valence-electron chi connectivity index (χ3n) is 2.90. The predicted molar refractivity (Wildman–Crippen MR) is 81.6 cm³/mol. The molecule has 0 N–H and O–H groups in total. The van der Waals surface area contributed by atoms with Gasteiger partial charge >= 0.3 is 11.9 Å². The molecule has 0 saturated carbocycles. The zero-order valence-corrected chi connectivity index (χ0v) is 12.8. The molecular formula is C17H22O4. The van der Waals surface area contributed by atoms with Crippen molar-refractivity contribution in [2.75, 3.05) is 13.2 Å². The lowest BCUT2D eigenvalue weighted by Gasteiger charge is -2.12. The van der Waals surface area contributed by atoms with E-state index < -0.39 is 17.9 Å². The molecule has 1 aromatic rings. The number of ether oxygens (including phenoxy) is 2. The van der Waals surface area contributed by atoms with E-state index in [0.29, 0.717) is 0 Å². The minimum absolute atomic E-state index is 0.246. The first kappa shape index (κ1) is 17.0. The van der Waals surface area contributed by atoms with Gasteiger partial charge in [-0.05, 0) is 32.8 Å². The number of aryl methyl sites for hydroxylation is 1. The maximum Gasteiger partial charge on any atom is 0.320 e. The van der Waals surface area contributed by atoms with E-state index in [4.69, 9.17) is 9.47 Å². The van der Waals surface area contributed by atoms with Crippen LogP contribution in [0.3, 0.4) is 0 Å². The molecule has 0 fully saturated rings. The van der Waals surface area contributed by atoms with Crippen LogP contribution in [0.5, 0.6) is 0 Å². The first-order chi connectivity index (χ1) is 10.1. The normalized spacial score (nSPS) is 10.9. The summed E-state index contributed by atoms with van der Waals surface area (Å²) in [7, 11) is 0. The molecule has 0 aromatic heterocycles. The van der Waals surface area contributed by atoms with Crippen LogP contribution in [0.15, 0.2) is 30.3 Å². The van der Waals surface area contributed by atoms with Crippen LogP contribution < -0.4 is 0 Å². The van der Waals surface area contributed by atoms with Crippen LogP contribution in [0.4, 0.5) is 0 Å². The molecule has 0 atom stereocenters. The molecule has 4 heteroatoms. The summed E-state index contributed by atoms with van der Waals surface area (Å²) in [5.74, 6) is -1.97. The Morgan fingerprint density at radius 2 is 1.57 bits per heavy atom. The molecule has 0 aliphatic carbocycles. The molecular weight excluding hydrogens is 268 g/mol. The van der Waals surface area contributed by atoms with Crippen LogP contribution in [0.25, 0.3) is 6.08 Å². The van der Waals surface area contributed by atoms with Gasteiger partial charge in [0.1, 0.15) is 0 Å². The number of hydrogen-bond acceptors (Lipinski definition) is 4. The summed E-state index contributed by atoms with van der Waals surface area (Å²) in [4.78, 5) is 23.6. The van der Waals surface area contributed by atoms with Gasteiger partial charge < -0.3 is 9.47 Å². The highest BCUT2D eigenvalue weighted by atomic mass is 16.6. The summed E-state index contributed by atoms with van der Waals surface area (Å²) in [6.45, 7) is 5.93. The van der Waals surface area contributed by atoms with Gasteiger partial charge in [-0.3, -0.25) is 9.59 Å². The predicted octanol–water partition coefficient (Wildman–Crippen LogP) is 3.14. The molecule has 0 spiro atoms. The Bertz CT molecular complexity index is 470. The lowest BCUT2D eigenvalue weighted by Crippen LogP contribution is -2.27. The van der Waals surface area contributed by atoms with Crippen LogP contribution >= 0.6 is 0 Å². The molecule has 114 valence electrons. The second kappa shape index (κ2) is 8.95. The second-order valence-electron chi connectivity index (χ2n) is 4.61. The van der Waals surface area contributed by atoms with Gasteiger partial charge in [0, 0.05) is 0 Å². The summed E-state index contributed by atoms with van der Waals surface area (Å²) in [5.41, 5.74) is 2.20. The maximum atomic E-state index is 11.8. The number of benzene rings is 1. The molecule has 0 saturated heterocycles. The Morgan fingerprint density at radius 3 is 2.05 bits per heavy atom. The molecule has 0 bridgehead atoms. The smallest absolute Gasteiger partial charge is 0.320 e. The molecule has 4 nitrogen and oxygen atoms in total. The summed E-state index contributed by atoms with van der Waals surface area (Å²) in [6, 6.07) is 7.98. The first-order valence-electron chi connectivity index (χ1n) is 7.15. The number of rotatable bonds is 7. The molecule has 0 unspecified atom stereocenters. The first-order valence-corrected chi connectivity index (χ1v) is 7.15. The molecule has 0 aliphatic rings. The highest BCUT2D eigenvalue weighted by molar-refractivity contribution is 5.95. The van der Waals surface area contributed by atoms with Crippen LogP contribution in [0.2, 0.25) is 0 Å². The van der Waals surface area contributed by atoms with Gasteiger partial charge in [0.2, 0.25) is 0 Å². The van der Waals surface area contributed by atoms with Gasteiger partial charge in [0.25, 0.3) is 0 Å². The average molecular weight is 290 g/mol. The minimum Gasteiger partial charge on any atom is -0.465 e. The third kappa shape index (κ3) is 5.81. The fourth-order valence-corrected chi connectivity index (χ4v) is 1.79. The Kier molecular flexibility index (Phi) is 7.23. The second-order valence-corrected chi connectivity index (χ2v) is 4.61. The van der Waals surface area contributed by atoms with Crippen molar-refractivity contribution < 1.29 is 19.1 Å². The van der Waals surface area contributed by atoms with E-state index in [0.717, 1.165) is 5.56 Å². The number of hydrogen-bond donors (Lipinski definition) is 0. The van der Waals surface area contributed by atoms with Crippen LogP contribution in [0.1, 0.15) is 31.4 Å². The standard InChI is InChI=1S/C17H22O4/c1-4-20-16(18)15(17(19)21-5-2)8-6-7-14-11-9-13(3)10-12-14/h6-7,9-12,15H,4-5,8H2,1-3H3/b7-6+. The van der Waals surface area contributed by atoms with E-state index in [1.165, 1.54) is 5.56 Å². The zero-order chi connectivity index (χ0) is 15.7. The number of allylic oxidation sites excluding steroid dienone is 1. The molecule has 1 aromatic carbocycles. The molecule has 21 heavy (non-hydrogen) atoms. The van der Waals surface area contributed by atoms with Crippen molar-refractivity contribution in [1.29, 1.82) is 0 Å². The summed E-state index contributed by atoms with van der Waals surface area (Å²) >= 11 is 0. The SMILES string of the molecule is CCOC(=O)C(C/C=C/c1ccc(C)cc1)C(=O)OCC. The number of carbonyl (C=O) groups is 2. The van der Waals surface area contributed by atoms with Gasteiger partial charge in [-0.1, -0.05) is 42.0 Å². The van der Waals surface area contributed by atoms with E-state index in [2.05, 4.69) is 0 Å². The molecule has 0 radical (unpaired) electrons. The van der Waals surface area contributed by atoms with Crippen molar-refractivity contribution in [2.24, 2.45) is 5.92 Å². The van der Waals surface area contributed by atoms with E-state index in [1.807, 2.05) is 37.3 Å². The minimum atomic E-state index is -0.897. The molecule has 1 rings (SSSR count). The molecule has 0 amide bonds. The average Bonchev–Trinajstić information content (AvgIpc) is 2.46. The van der Waals surface area contributed by atoms with Crippen molar-refractivity contribution in [3.05, 3.63) is 41.5 Å². The topological polar surface area (TPSA) is 52.6 Å². The van der Waals surface area contributed by atoms with Gasteiger partial charge in [-0.2, -0.15) is 0 Å². The van der Waals surface area contributed by atoms with Crippen molar-refractivity contribution in [3.8, 4) is 0 Å². The quantitative estimate of drug-likeness (QED) is 0.572. The Labute approximate surface area is 125 Å². The van der Waals surface area contributed by atoms with Crippen molar-refractivity contribution in [1.82, 2.24) is 0 Å². The van der Waals surface area contributed by atoms with Crippen LogP contribution in [0, 0.1) is 12.8 Å². The monoisotopic (exact) mass is 290 g/mol. The highest BCUT2D eigenvalue weighted by Gasteiger charge is 2.28. The Morgan fingerprint density at radius 1 is 1.05 bits per heavy atom. The molecule has 0 aliphatic heterocycles. The van der Waals surface area contributed by atoms with Gasteiger partial charge in [-0.15, -0.1) is 0 Å². The lowest BCUT2D eigenvalue weighted by molar-refractivity contribution is -0.161. The maximum absolute atomic E-state index is 11.8. The third-order valence-corrected chi connectivity index (χ3v) is 2.90. The van der Waals surface area contributed by atoms with Gasteiger partial charge in [0.05, 0.1) is 13.2 Å². The highest BCUT2D eigenvalue weighted by Crippen LogP contribution is 2.12.